The predicted molar refractivity (Wildman–Crippen MR) is 49.8 cm³/mol. The summed E-state index contributed by atoms with van der Waals surface area (Å²) in [6, 6.07) is 0. The van der Waals surface area contributed by atoms with Crippen molar-refractivity contribution in [1.29, 1.82) is 0 Å². The third-order valence-corrected chi connectivity index (χ3v) is 4.84. The Morgan fingerprint density at radius 3 is 2.25 bits per heavy atom. The van der Waals surface area contributed by atoms with E-state index < -0.39 is 0 Å². The molecule has 70 valence electrons. The molecule has 0 spiro atoms. The summed E-state index contributed by atoms with van der Waals surface area (Å²) in [4.78, 5) is 0. The zero-order valence-electron chi connectivity index (χ0n) is 8.21. The van der Waals surface area contributed by atoms with Crippen LogP contribution in [0.1, 0.15) is 39.5 Å². The van der Waals surface area contributed by atoms with Crippen molar-refractivity contribution in [2.45, 2.75) is 39.5 Å². The number of hydrogen-bond donors (Lipinski definition) is 1. The van der Waals surface area contributed by atoms with Gasteiger partial charge in [0.2, 0.25) is 0 Å². The van der Waals surface area contributed by atoms with Crippen LogP contribution in [0.3, 0.4) is 0 Å². The molecule has 0 aromatic rings. The van der Waals surface area contributed by atoms with Crippen LogP contribution in [0.25, 0.3) is 0 Å². The molecule has 0 aromatic heterocycles. The Bertz CT molecular complexity index is 168. The highest BCUT2D eigenvalue weighted by Gasteiger charge is 2.48. The van der Waals surface area contributed by atoms with E-state index in [1.54, 1.807) is 0 Å². The molecule has 1 nitrogen and oxygen atoms in total. The molecule has 0 aliphatic heterocycles. The van der Waals surface area contributed by atoms with Gasteiger partial charge in [0.15, 0.2) is 0 Å². The van der Waals surface area contributed by atoms with Crippen molar-refractivity contribution in [2.75, 3.05) is 6.61 Å². The third-order valence-electron chi connectivity index (χ3n) is 4.84. The number of fused-ring (bicyclic) bond motifs is 3. The SMILES string of the molecule is CC1C2CCC(CO)(CC2)C1C. The molecule has 1 N–H and O–H groups in total. The molecular formula is C11H20O. The molecule has 3 fully saturated rings. The van der Waals surface area contributed by atoms with Crippen LogP contribution in [0.15, 0.2) is 0 Å². The highest BCUT2D eigenvalue weighted by atomic mass is 16.3. The molecule has 3 rings (SSSR count). The molecule has 0 amide bonds. The van der Waals surface area contributed by atoms with Gasteiger partial charge in [-0.25, -0.2) is 0 Å². The van der Waals surface area contributed by atoms with Crippen molar-refractivity contribution in [1.82, 2.24) is 0 Å². The summed E-state index contributed by atoms with van der Waals surface area (Å²) < 4.78 is 0. The van der Waals surface area contributed by atoms with Crippen molar-refractivity contribution in [2.24, 2.45) is 23.2 Å². The minimum Gasteiger partial charge on any atom is -0.396 e. The average Bonchev–Trinajstić information content (AvgIpc) is 2.14. The van der Waals surface area contributed by atoms with Crippen LogP contribution in [0.2, 0.25) is 0 Å². The van der Waals surface area contributed by atoms with E-state index >= 15 is 0 Å². The van der Waals surface area contributed by atoms with Gasteiger partial charge in [-0.1, -0.05) is 13.8 Å². The van der Waals surface area contributed by atoms with Gasteiger partial charge in [0.05, 0.1) is 0 Å². The second-order valence-electron chi connectivity index (χ2n) is 5.01. The lowest BCUT2D eigenvalue weighted by Crippen LogP contribution is -2.48. The van der Waals surface area contributed by atoms with E-state index in [-0.39, 0.29) is 0 Å². The van der Waals surface area contributed by atoms with Gasteiger partial charge in [-0.3, -0.25) is 0 Å². The Morgan fingerprint density at radius 1 is 1.25 bits per heavy atom. The molecule has 1 heteroatoms. The maximum Gasteiger partial charge on any atom is 0.0490 e. The molecular weight excluding hydrogens is 148 g/mol. The molecule has 3 saturated carbocycles. The van der Waals surface area contributed by atoms with Crippen LogP contribution < -0.4 is 0 Å². The largest absolute Gasteiger partial charge is 0.396 e. The first-order chi connectivity index (χ1) is 5.69. The van der Waals surface area contributed by atoms with E-state index in [1.165, 1.54) is 25.7 Å². The Kier molecular flexibility index (Phi) is 1.95. The molecule has 0 saturated heterocycles. The van der Waals surface area contributed by atoms with Crippen LogP contribution in [0.5, 0.6) is 0 Å². The van der Waals surface area contributed by atoms with E-state index in [0.29, 0.717) is 12.0 Å². The van der Waals surface area contributed by atoms with E-state index in [4.69, 9.17) is 0 Å². The van der Waals surface area contributed by atoms with Crippen LogP contribution in [-0.4, -0.2) is 11.7 Å². The van der Waals surface area contributed by atoms with E-state index in [2.05, 4.69) is 13.8 Å². The maximum atomic E-state index is 9.45. The lowest BCUT2D eigenvalue weighted by atomic mass is 9.52. The predicted octanol–water partition coefficient (Wildman–Crippen LogP) is 2.44. The third kappa shape index (κ3) is 0.953. The lowest BCUT2D eigenvalue weighted by molar-refractivity contribution is -0.0758. The number of rotatable bonds is 1. The average molecular weight is 168 g/mol. The van der Waals surface area contributed by atoms with E-state index in [1.807, 2.05) is 0 Å². The zero-order chi connectivity index (χ0) is 8.77. The minimum absolute atomic E-state index is 0.314. The van der Waals surface area contributed by atoms with Gasteiger partial charge in [-0.05, 0) is 48.9 Å². The first kappa shape index (κ1) is 8.55. The monoisotopic (exact) mass is 168 g/mol. The molecule has 3 aliphatic rings. The first-order valence-corrected chi connectivity index (χ1v) is 5.30. The van der Waals surface area contributed by atoms with Gasteiger partial charge < -0.3 is 5.11 Å². The van der Waals surface area contributed by atoms with Gasteiger partial charge in [-0.15, -0.1) is 0 Å². The van der Waals surface area contributed by atoms with Crippen molar-refractivity contribution in [3.05, 3.63) is 0 Å². The van der Waals surface area contributed by atoms with Crippen molar-refractivity contribution < 1.29 is 5.11 Å². The summed E-state index contributed by atoms with van der Waals surface area (Å²) in [5.41, 5.74) is 0.314. The normalized spacial score (nSPS) is 52.8. The quantitative estimate of drug-likeness (QED) is 0.637. The van der Waals surface area contributed by atoms with Crippen LogP contribution >= 0.6 is 0 Å². The fourth-order valence-electron chi connectivity index (χ4n) is 3.46. The molecule has 0 radical (unpaired) electrons. The Morgan fingerprint density at radius 2 is 1.83 bits per heavy atom. The summed E-state index contributed by atoms with van der Waals surface area (Å²) in [5.74, 6) is 2.56. The number of aliphatic hydroxyl groups is 1. The fourth-order valence-corrected chi connectivity index (χ4v) is 3.46. The van der Waals surface area contributed by atoms with Crippen LogP contribution in [0.4, 0.5) is 0 Å². The number of hydrogen-bond acceptors (Lipinski definition) is 1. The van der Waals surface area contributed by atoms with Crippen LogP contribution in [0, 0.1) is 23.2 Å². The Balaban J connectivity index is 2.22. The second-order valence-corrected chi connectivity index (χ2v) is 5.01. The topological polar surface area (TPSA) is 20.2 Å². The summed E-state index contributed by atoms with van der Waals surface area (Å²) in [5, 5.41) is 9.45. The molecule has 12 heavy (non-hydrogen) atoms. The summed E-state index contributed by atoms with van der Waals surface area (Å²) in [7, 11) is 0. The molecule has 2 atom stereocenters. The number of aliphatic hydroxyl groups excluding tert-OH is 1. The van der Waals surface area contributed by atoms with Gasteiger partial charge in [0.25, 0.3) is 0 Å². The summed E-state index contributed by atoms with van der Waals surface area (Å²) >= 11 is 0. The molecule has 0 aromatic carbocycles. The zero-order valence-corrected chi connectivity index (χ0v) is 8.21. The van der Waals surface area contributed by atoms with Gasteiger partial charge >= 0.3 is 0 Å². The Labute approximate surface area is 75.2 Å². The van der Waals surface area contributed by atoms with Gasteiger partial charge in [0, 0.05) is 6.61 Å². The molecule has 0 heterocycles. The van der Waals surface area contributed by atoms with Crippen molar-refractivity contribution in [3.63, 3.8) is 0 Å². The molecule has 3 aliphatic carbocycles. The van der Waals surface area contributed by atoms with Crippen molar-refractivity contribution >= 4 is 0 Å². The second kappa shape index (κ2) is 2.73. The smallest absolute Gasteiger partial charge is 0.0490 e. The first-order valence-electron chi connectivity index (χ1n) is 5.30. The van der Waals surface area contributed by atoms with E-state index in [0.717, 1.165) is 17.8 Å². The summed E-state index contributed by atoms with van der Waals surface area (Å²) in [6.07, 6.45) is 5.29. The standard InChI is InChI=1S/C11H20O/c1-8-9(2)11(7-12)5-3-10(8)4-6-11/h8-10,12H,3-7H2,1-2H3. The van der Waals surface area contributed by atoms with Crippen LogP contribution in [-0.2, 0) is 0 Å². The summed E-state index contributed by atoms with van der Waals surface area (Å²) in [6.45, 7) is 5.13. The lowest BCUT2D eigenvalue weighted by Gasteiger charge is -2.54. The van der Waals surface area contributed by atoms with E-state index in [9.17, 15) is 5.11 Å². The highest BCUT2D eigenvalue weighted by molar-refractivity contribution is 4.98. The minimum atomic E-state index is 0.314. The Hall–Kier alpha value is -0.0400. The van der Waals surface area contributed by atoms with Gasteiger partial charge in [-0.2, -0.15) is 0 Å². The molecule has 2 unspecified atom stereocenters. The van der Waals surface area contributed by atoms with Gasteiger partial charge in [0.1, 0.15) is 0 Å². The fraction of sp³-hybridized carbons (Fsp3) is 1.00. The molecule has 2 bridgehead atoms. The highest BCUT2D eigenvalue weighted by Crippen LogP contribution is 2.55. The maximum absolute atomic E-state index is 9.45. The van der Waals surface area contributed by atoms with Crippen molar-refractivity contribution in [3.8, 4) is 0 Å².